The van der Waals surface area contributed by atoms with Gasteiger partial charge in [-0.2, -0.15) is 0 Å². The highest BCUT2D eigenvalue weighted by Crippen LogP contribution is 2.49. The van der Waals surface area contributed by atoms with Crippen LogP contribution in [0.1, 0.15) is 50.5 Å². The zero-order valence-electron chi connectivity index (χ0n) is 22.3. The predicted molar refractivity (Wildman–Crippen MR) is 149 cm³/mol. The van der Waals surface area contributed by atoms with Crippen molar-refractivity contribution in [3.8, 4) is 0 Å². The first kappa shape index (κ1) is 26.0. The summed E-state index contributed by atoms with van der Waals surface area (Å²) in [5, 5.41) is 3.75. The van der Waals surface area contributed by atoms with Crippen molar-refractivity contribution < 1.29 is 9.59 Å². The Labute approximate surface area is 225 Å². The molecule has 8 heteroatoms. The van der Waals surface area contributed by atoms with Crippen molar-refractivity contribution in [1.82, 2.24) is 19.7 Å². The Morgan fingerprint density at radius 1 is 1.08 bits per heavy atom. The summed E-state index contributed by atoms with van der Waals surface area (Å²) in [4.78, 5) is 37.5. The molecule has 3 aliphatic rings. The van der Waals surface area contributed by atoms with Gasteiger partial charge in [-0.15, -0.1) is 11.8 Å². The lowest BCUT2D eigenvalue weighted by molar-refractivity contribution is -0.116. The highest BCUT2D eigenvalue weighted by Gasteiger charge is 2.55. The molecule has 1 aliphatic heterocycles. The summed E-state index contributed by atoms with van der Waals surface area (Å²) in [7, 11) is 4.35. The van der Waals surface area contributed by atoms with Gasteiger partial charge in [0.05, 0.1) is 10.6 Å². The minimum absolute atomic E-state index is 0.0185. The predicted octanol–water partition coefficient (Wildman–Crippen LogP) is 5.05. The molecule has 3 amide bonds. The molecule has 2 heterocycles. The number of benzene rings is 1. The van der Waals surface area contributed by atoms with E-state index in [1.54, 1.807) is 11.0 Å². The molecule has 0 bridgehead atoms. The van der Waals surface area contributed by atoms with E-state index in [9.17, 15) is 9.59 Å². The summed E-state index contributed by atoms with van der Waals surface area (Å²) in [6.07, 6.45) is 9.47. The third kappa shape index (κ3) is 5.10. The minimum Gasteiger partial charge on any atom is -0.317 e. The summed E-state index contributed by atoms with van der Waals surface area (Å²) < 4.78 is 0. The molecular weight excluding hydrogens is 482 g/mol. The van der Waals surface area contributed by atoms with Gasteiger partial charge in [-0.3, -0.25) is 9.69 Å². The zero-order chi connectivity index (χ0) is 26.0. The van der Waals surface area contributed by atoms with Gasteiger partial charge in [-0.05, 0) is 82.5 Å². The largest absolute Gasteiger partial charge is 0.321 e. The van der Waals surface area contributed by atoms with Gasteiger partial charge in [0.25, 0.3) is 0 Å². The van der Waals surface area contributed by atoms with Crippen LogP contribution in [0.2, 0.25) is 0 Å². The Kier molecular flexibility index (Phi) is 7.50. The lowest BCUT2D eigenvalue weighted by Gasteiger charge is -2.51. The number of thioether (sulfide) groups is 1. The van der Waals surface area contributed by atoms with Crippen LogP contribution in [-0.2, 0) is 10.3 Å². The van der Waals surface area contributed by atoms with Crippen LogP contribution in [0.5, 0.6) is 0 Å². The molecule has 2 aromatic rings. The van der Waals surface area contributed by atoms with Crippen LogP contribution in [0.4, 0.5) is 10.6 Å². The number of pyridine rings is 1. The maximum absolute atomic E-state index is 13.8. The first-order valence-electron chi connectivity index (χ1n) is 13.5. The van der Waals surface area contributed by atoms with Crippen LogP contribution in [0.15, 0.2) is 53.6 Å². The molecule has 1 aromatic carbocycles. The molecule has 1 N–H and O–H groups in total. The first-order valence-corrected chi connectivity index (χ1v) is 14.7. The van der Waals surface area contributed by atoms with Gasteiger partial charge in [0.2, 0.25) is 5.91 Å². The Balaban J connectivity index is 1.33. The van der Waals surface area contributed by atoms with Gasteiger partial charge in [0.15, 0.2) is 0 Å². The minimum atomic E-state index is -0.210. The van der Waals surface area contributed by atoms with Crippen LogP contribution in [0.3, 0.4) is 0 Å². The molecule has 198 valence electrons. The number of carbonyl (C=O) groups is 2. The van der Waals surface area contributed by atoms with E-state index in [0.717, 1.165) is 37.3 Å². The van der Waals surface area contributed by atoms with E-state index in [2.05, 4.69) is 64.5 Å². The van der Waals surface area contributed by atoms with Crippen molar-refractivity contribution in [2.45, 2.75) is 61.0 Å². The highest BCUT2D eigenvalue weighted by molar-refractivity contribution is 7.98. The van der Waals surface area contributed by atoms with E-state index < -0.39 is 0 Å². The number of carbonyl (C=O) groups excluding carboxylic acids is 2. The van der Waals surface area contributed by atoms with E-state index in [0.29, 0.717) is 18.3 Å². The van der Waals surface area contributed by atoms with Crippen LogP contribution in [0, 0.1) is 5.92 Å². The fraction of sp³-hybridized carbons (Fsp3) is 0.552. The summed E-state index contributed by atoms with van der Waals surface area (Å²) in [5.41, 5.74) is 1.11. The molecular formula is C29H39N5O2S. The number of amides is 3. The van der Waals surface area contributed by atoms with E-state index in [4.69, 9.17) is 0 Å². The van der Waals surface area contributed by atoms with E-state index >= 15 is 0 Å². The van der Waals surface area contributed by atoms with Crippen LogP contribution in [-0.4, -0.2) is 77.1 Å². The van der Waals surface area contributed by atoms with Gasteiger partial charge < -0.3 is 15.1 Å². The second-order valence-corrected chi connectivity index (χ2v) is 12.0. The lowest BCUT2D eigenvalue weighted by atomic mass is 9.68. The number of nitrogens with zero attached hydrogens (tertiary/aromatic N) is 4. The summed E-state index contributed by atoms with van der Waals surface area (Å²) in [6.45, 7) is 1.49. The fourth-order valence-electron chi connectivity index (χ4n) is 6.46. The van der Waals surface area contributed by atoms with Gasteiger partial charge in [-0.1, -0.05) is 42.8 Å². The summed E-state index contributed by atoms with van der Waals surface area (Å²) in [6, 6.07) is 16.4. The Morgan fingerprint density at radius 2 is 1.81 bits per heavy atom. The van der Waals surface area contributed by atoms with Crippen molar-refractivity contribution in [3.05, 3.63) is 54.1 Å². The zero-order valence-corrected chi connectivity index (χ0v) is 23.1. The number of aromatic nitrogens is 1. The van der Waals surface area contributed by atoms with Crippen molar-refractivity contribution in [2.75, 3.05) is 45.3 Å². The molecule has 3 fully saturated rings. The Hall–Kier alpha value is -2.58. The number of anilines is 1. The molecule has 2 aliphatic carbocycles. The third-order valence-electron chi connectivity index (χ3n) is 8.93. The standard InChI is InChI=1S/C29H39N5O2S/c1-32(2)29(23-11-5-4-6-12-23)17-15-28(16-18-29)21-33(27(36)34(28)19-22-9-7-10-22)20-25(35)30-24-13-8-14-26(31-24)37-3/h4-6,8,11-14,22H,7,9-10,15-21H2,1-3H3,(H,30,31,35). The normalized spacial score (nSPS) is 26.1. The van der Waals surface area contributed by atoms with Crippen molar-refractivity contribution in [2.24, 2.45) is 5.92 Å². The van der Waals surface area contributed by atoms with Crippen molar-refractivity contribution in [3.63, 3.8) is 0 Å². The van der Waals surface area contributed by atoms with E-state index in [1.165, 1.54) is 36.6 Å². The van der Waals surface area contributed by atoms with Gasteiger partial charge in [-0.25, -0.2) is 9.78 Å². The van der Waals surface area contributed by atoms with Crippen LogP contribution >= 0.6 is 11.8 Å². The first-order chi connectivity index (χ1) is 17.8. The average molecular weight is 522 g/mol. The third-order valence-corrected chi connectivity index (χ3v) is 9.58. The maximum Gasteiger partial charge on any atom is 0.321 e. The lowest BCUT2D eigenvalue weighted by Crippen LogP contribution is -2.56. The van der Waals surface area contributed by atoms with Gasteiger partial charge in [0, 0.05) is 18.6 Å². The topological polar surface area (TPSA) is 68.8 Å². The Morgan fingerprint density at radius 3 is 2.43 bits per heavy atom. The molecule has 0 radical (unpaired) electrons. The second kappa shape index (κ2) is 10.7. The number of rotatable bonds is 8. The highest BCUT2D eigenvalue weighted by atomic mass is 32.2. The number of hydrogen-bond donors (Lipinski definition) is 1. The average Bonchev–Trinajstić information content (AvgIpc) is 3.12. The van der Waals surface area contributed by atoms with Gasteiger partial charge in [0.1, 0.15) is 12.4 Å². The molecule has 1 saturated heterocycles. The van der Waals surface area contributed by atoms with Crippen molar-refractivity contribution in [1.29, 1.82) is 0 Å². The Bertz CT molecular complexity index is 1110. The van der Waals surface area contributed by atoms with Crippen molar-refractivity contribution >= 4 is 29.5 Å². The molecule has 7 nitrogen and oxygen atoms in total. The fourth-order valence-corrected chi connectivity index (χ4v) is 6.87. The number of hydrogen-bond acceptors (Lipinski definition) is 5. The van der Waals surface area contributed by atoms with Crippen LogP contribution in [0.25, 0.3) is 0 Å². The molecule has 37 heavy (non-hydrogen) atoms. The smallest absolute Gasteiger partial charge is 0.317 e. The van der Waals surface area contributed by atoms with E-state index in [-0.39, 0.29) is 29.6 Å². The SMILES string of the molecule is CSc1cccc(NC(=O)CN2CC3(CCC(c4ccccc4)(N(C)C)CC3)N(CC3CCC3)C2=O)n1. The second-order valence-electron chi connectivity index (χ2n) is 11.2. The molecule has 5 rings (SSSR count). The number of urea groups is 1. The molecule has 2 saturated carbocycles. The molecule has 1 aromatic heterocycles. The van der Waals surface area contributed by atoms with Gasteiger partial charge >= 0.3 is 6.03 Å². The quantitative estimate of drug-likeness (QED) is 0.493. The molecule has 0 atom stereocenters. The monoisotopic (exact) mass is 521 g/mol. The summed E-state index contributed by atoms with van der Waals surface area (Å²) >= 11 is 1.53. The van der Waals surface area contributed by atoms with E-state index in [1.807, 2.05) is 18.4 Å². The van der Waals surface area contributed by atoms with Crippen LogP contribution < -0.4 is 5.32 Å². The molecule has 1 spiro atoms. The number of nitrogens with one attached hydrogen (secondary N) is 1. The summed E-state index contributed by atoms with van der Waals surface area (Å²) in [5.74, 6) is 0.922. The molecule has 0 unspecified atom stereocenters. The maximum atomic E-state index is 13.8.